The first-order chi connectivity index (χ1) is 17.2. The van der Waals surface area contributed by atoms with E-state index in [1.165, 1.54) is 6.07 Å². The summed E-state index contributed by atoms with van der Waals surface area (Å²) >= 11 is 0. The molecule has 0 radical (unpaired) electrons. The highest BCUT2D eigenvalue weighted by molar-refractivity contribution is 5.83. The molecule has 1 saturated heterocycles. The van der Waals surface area contributed by atoms with Crippen molar-refractivity contribution in [2.45, 2.75) is 6.92 Å². The number of likely N-dealkylation sites (N-methyl/N-ethyl adjacent to an activating group) is 1. The van der Waals surface area contributed by atoms with Gasteiger partial charge in [0, 0.05) is 51.0 Å². The van der Waals surface area contributed by atoms with Crippen LogP contribution in [0.25, 0.3) is 16.9 Å². The van der Waals surface area contributed by atoms with Gasteiger partial charge in [-0.1, -0.05) is 12.1 Å². The van der Waals surface area contributed by atoms with Crippen molar-refractivity contribution in [2.24, 2.45) is 0 Å². The molecular weight excluding hydrogens is 464 g/mol. The summed E-state index contributed by atoms with van der Waals surface area (Å²) < 4.78 is 6.41. The zero-order valence-electron chi connectivity index (χ0n) is 20.7. The molecule has 1 aliphatic rings. The lowest BCUT2D eigenvalue weighted by molar-refractivity contribution is -0.384. The SMILES string of the molecule is CCN(C)c1cc(-c2cccc(OC)c2)nn(-c2cc(N3CCN(C)C(=O)C3)ccc2[N+](=O)[O-])c1=O. The summed E-state index contributed by atoms with van der Waals surface area (Å²) in [5.41, 5.74) is 1.38. The van der Waals surface area contributed by atoms with Crippen LogP contribution >= 0.6 is 0 Å². The Morgan fingerprint density at radius 3 is 2.58 bits per heavy atom. The van der Waals surface area contributed by atoms with Gasteiger partial charge in [0.25, 0.3) is 11.2 Å². The molecule has 188 valence electrons. The standard InChI is InChI=1S/C25H28N6O5/c1-5-27(2)23-15-20(17-7-6-8-19(13-17)36-4)26-30(25(23)33)22-14-18(9-10-21(22)31(34)35)29-12-11-28(3)24(32)16-29/h6-10,13-15H,5,11-12,16H2,1-4H3. The lowest BCUT2D eigenvalue weighted by Gasteiger charge is -2.33. The van der Waals surface area contributed by atoms with Crippen LogP contribution in [0.5, 0.6) is 5.75 Å². The Kier molecular flexibility index (Phi) is 6.91. The van der Waals surface area contributed by atoms with Gasteiger partial charge in [0.2, 0.25) is 5.91 Å². The van der Waals surface area contributed by atoms with Crippen molar-refractivity contribution in [1.29, 1.82) is 0 Å². The fraction of sp³-hybridized carbons (Fsp3) is 0.320. The molecule has 0 atom stereocenters. The topological polar surface area (TPSA) is 114 Å². The highest BCUT2D eigenvalue weighted by atomic mass is 16.6. The summed E-state index contributed by atoms with van der Waals surface area (Å²) in [6, 6.07) is 13.4. The summed E-state index contributed by atoms with van der Waals surface area (Å²) in [6.07, 6.45) is 0. The number of ether oxygens (including phenoxy) is 1. The Balaban J connectivity index is 1.93. The number of hydrogen-bond acceptors (Lipinski definition) is 8. The maximum atomic E-state index is 13.6. The first kappa shape index (κ1) is 24.7. The molecule has 1 fully saturated rings. The third-order valence-corrected chi connectivity index (χ3v) is 6.35. The Labute approximate surface area is 208 Å². The number of anilines is 2. The maximum absolute atomic E-state index is 13.6. The molecule has 36 heavy (non-hydrogen) atoms. The first-order valence-corrected chi connectivity index (χ1v) is 11.5. The van der Waals surface area contributed by atoms with Crippen LogP contribution in [0.1, 0.15) is 6.92 Å². The summed E-state index contributed by atoms with van der Waals surface area (Å²) in [5.74, 6) is 0.563. The number of carbonyl (C=O) groups is 1. The van der Waals surface area contributed by atoms with E-state index in [1.807, 2.05) is 24.0 Å². The van der Waals surface area contributed by atoms with Crippen LogP contribution in [0.3, 0.4) is 0 Å². The zero-order valence-corrected chi connectivity index (χ0v) is 20.7. The van der Waals surface area contributed by atoms with E-state index in [9.17, 15) is 19.7 Å². The van der Waals surface area contributed by atoms with Crippen LogP contribution in [0, 0.1) is 10.1 Å². The van der Waals surface area contributed by atoms with Crippen molar-refractivity contribution in [2.75, 3.05) is 57.2 Å². The van der Waals surface area contributed by atoms with Gasteiger partial charge in [0.1, 0.15) is 17.1 Å². The van der Waals surface area contributed by atoms with E-state index in [2.05, 4.69) is 5.10 Å². The molecule has 2 heterocycles. The second-order valence-electron chi connectivity index (χ2n) is 8.54. The summed E-state index contributed by atoms with van der Waals surface area (Å²) in [6.45, 7) is 3.69. The maximum Gasteiger partial charge on any atom is 0.295 e. The Hall–Kier alpha value is -4.41. The molecule has 1 aliphatic heterocycles. The molecule has 0 unspecified atom stereocenters. The highest BCUT2D eigenvalue weighted by Gasteiger charge is 2.26. The molecule has 0 aliphatic carbocycles. The second-order valence-corrected chi connectivity index (χ2v) is 8.54. The Morgan fingerprint density at radius 2 is 1.92 bits per heavy atom. The van der Waals surface area contributed by atoms with Gasteiger partial charge in [-0.25, -0.2) is 0 Å². The summed E-state index contributed by atoms with van der Waals surface area (Å²) in [5, 5.41) is 16.5. The lowest BCUT2D eigenvalue weighted by atomic mass is 10.1. The Bertz CT molecular complexity index is 1370. The molecule has 0 saturated carbocycles. The van der Waals surface area contributed by atoms with E-state index in [0.717, 1.165) is 4.68 Å². The van der Waals surface area contributed by atoms with E-state index >= 15 is 0 Å². The number of piperazine rings is 1. The van der Waals surface area contributed by atoms with Crippen LogP contribution in [0.2, 0.25) is 0 Å². The molecule has 0 N–H and O–H groups in total. The number of amides is 1. The van der Waals surface area contributed by atoms with Gasteiger partial charge in [-0.2, -0.15) is 9.78 Å². The van der Waals surface area contributed by atoms with E-state index in [4.69, 9.17) is 4.74 Å². The van der Waals surface area contributed by atoms with Crippen molar-refractivity contribution in [1.82, 2.24) is 14.7 Å². The van der Waals surface area contributed by atoms with Crippen LogP contribution in [-0.4, -0.2) is 72.9 Å². The van der Waals surface area contributed by atoms with Crippen molar-refractivity contribution >= 4 is 23.0 Å². The molecule has 1 amide bonds. The van der Waals surface area contributed by atoms with Crippen LogP contribution < -0.4 is 20.1 Å². The highest BCUT2D eigenvalue weighted by Crippen LogP contribution is 2.30. The number of carbonyl (C=O) groups excluding carboxylic acids is 1. The Morgan fingerprint density at radius 1 is 1.14 bits per heavy atom. The number of benzene rings is 2. The number of hydrogen-bond donors (Lipinski definition) is 0. The van der Waals surface area contributed by atoms with E-state index in [-0.39, 0.29) is 23.8 Å². The predicted molar refractivity (Wildman–Crippen MR) is 137 cm³/mol. The number of nitro benzene ring substituents is 1. The summed E-state index contributed by atoms with van der Waals surface area (Å²) in [4.78, 5) is 42.5. The van der Waals surface area contributed by atoms with Crippen molar-refractivity contribution in [3.05, 3.63) is 69.0 Å². The zero-order chi connectivity index (χ0) is 26.0. The van der Waals surface area contributed by atoms with Crippen LogP contribution in [0.4, 0.5) is 17.1 Å². The van der Waals surface area contributed by atoms with Crippen molar-refractivity contribution < 1.29 is 14.5 Å². The molecule has 2 aromatic carbocycles. The third-order valence-electron chi connectivity index (χ3n) is 6.35. The molecular formula is C25H28N6O5. The quantitative estimate of drug-likeness (QED) is 0.365. The predicted octanol–water partition coefficient (Wildman–Crippen LogP) is 2.55. The summed E-state index contributed by atoms with van der Waals surface area (Å²) in [7, 11) is 5.07. The second kappa shape index (κ2) is 10.1. The molecule has 0 bridgehead atoms. The van der Waals surface area contributed by atoms with E-state index in [0.29, 0.717) is 48.0 Å². The normalized spacial score (nSPS) is 13.6. The monoisotopic (exact) mass is 492 g/mol. The van der Waals surface area contributed by atoms with Gasteiger partial charge in [-0.15, -0.1) is 0 Å². The van der Waals surface area contributed by atoms with Gasteiger partial charge in [0.05, 0.1) is 24.3 Å². The minimum atomic E-state index is -0.538. The lowest BCUT2D eigenvalue weighted by Crippen LogP contribution is -2.48. The number of nitrogens with zero attached hydrogens (tertiary/aromatic N) is 6. The minimum Gasteiger partial charge on any atom is -0.497 e. The fourth-order valence-corrected chi connectivity index (χ4v) is 4.02. The average Bonchev–Trinajstić information content (AvgIpc) is 2.89. The molecule has 4 rings (SSSR count). The average molecular weight is 493 g/mol. The molecule has 0 spiro atoms. The fourth-order valence-electron chi connectivity index (χ4n) is 4.02. The number of aromatic nitrogens is 2. The van der Waals surface area contributed by atoms with Gasteiger partial charge in [-0.3, -0.25) is 19.7 Å². The molecule has 11 heteroatoms. The van der Waals surface area contributed by atoms with Gasteiger partial charge in [-0.05, 0) is 37.3 Å². The molecule has 11 nitrogen and oxygen atoms in total. The van der Waals surface area contributed by atoms with Crippen LogP contribution in [0.15, 0.2) is 53.3 Å². The van der Waals surface area contributed by atoms with E-state index < -0.39 is 10.5 Å². The minimum absolute atomic E-state index is 0.0318. The van der Waals surface area contributed by atoms with Gasteiger partial charge < -0.3 is 19.4 Å². The number of methoxy groups -OCH3 is 1. The van der Waals surface area contributed by atoms with E-state index in [1.54, 1.807) is 61.3 Å². The first-order valence-electron chi connectivity index (χ1n) is 11.5. The van der Waals surface area contributed by atoms with Gasteiger partial charge >= 0.3 is 0 Å². The number of nitro groups is 1. The molecule has 3 aromatic rings. The van der Waals surface area contributed by atoms with Crippen LogP contribution in [-0.2, 0) is 4.79 Å². The largest absolute Gasteiger partial charge is 0.497 e. The molecule has 1 aromatic heterocycles. The van der Waals surface area contributed by atoms with Gasteiger partial charge in [0.15, 0.2) is 0 Å². The third kappa shape index (κ3) is 4.72. The van der Waals surface area contributed by atoms with Crippen molar-refractivity contribution in [3.8, 4) is 22.7 Å². The number of rotatable bonds is 7. The smallest absolute Gasteiger partial charge is 0.295 e. The van der Waals surface area contributed by atoms with Crippen molar-refractivity contribution in [3.63, 3.8) is 0 Å².